The van der Waals surface area contributed by atoms with Gasteiger partial charge in [-0.05, 0) is 42.3 Å². The molecule has 0 aromatic heterocycles. The van der Waals surface area contributed by atoms with Crippen LogP contribution in [0.25, 0.3) is 0 Å². The van der Waals surface area contributed by atoms with Crippen molar-refractivity contribution in [2.24, 2.45) is 0 Å². The fourth-order valence-corrected chi connectivity index (χ4v) is 2.23. The van der Waals surface area contributed by atoms with E-state index in [1.165, 1.54) is 26.4 Å². The zero-order valence-electron chi connectivity index (χ0n) is 13.0. The molecule has 2 aromatic carbocycles. The fraction of sp³-hybridized carbons (Fsp3) is 0.222. The van der Waals surface area contributed by atoms with Crippen molar-refractivity contribution in [1.82, 2.24) is 0 Å². The molecule has 0 fully saturated rings. The Kier molecular flexibility index (Phi) is 5.36. The van der Waals surface area contributed by atoms with Gasteiger partial charge in [-0.1, -0.05) is 12.1 Å². The molecule has 0 atom stereocenters. The minimum absolute atomic E-state index is 0.0703. The molecule has 0 spiro atoms. The van der Waals surface area contributed by atoms with Crippen molar-refractivity contribution in [2.75, 3.05) is 14.2 Å². The van der Waals surface area contributed by atoms with Gasteiger partial charge in [-0.2, -0.15) is 0 Å². The van der Waals surface area contributed by atoms with Crippen LogP contribution in [0.15, 0.2) is 42.5 Å². The molecule has 0 amide bonds. The van der Waals surface area contributed by atoms with Crippen LogP contribution in [-0.4, -0.2) is 31.1 Å². The van der Waals surface area contributed by atoms with E-state index in [0.717, 1.165) is 5.56 Å². The third-order valence-electron chi connectivity index (χ3n) is 3.49. The molecule has 5 heteroatoms. The van der Waals surface area contributed by atoms with Crippen molar-refractivity contribution >= 4 is 11.8 Å². The number of Topliss-reactive ketones (excluding diaryl/α,β-unsaturated/α-hetero) is 1. The van der Waals surface area contributed by atoms with Crippen LogP contribution < -0.4 is 4.74 Å². The largest absolute Gasteiger partial charge is 0.507 e. The quantitative estimate of drug-likeness (QED) is 0.655. The van der Waals surface area contributed by atoms with Gasteiger partial charge in [0, 0.05) is 6.42 Å². The zero-order chi connectivity index (χ0) is 16.8. The first-order valence-corrected chi connectivity index (χ1v) is 7.12. The van der Waals surface area contributed by atoms with E-state index in [0.29, 0.717) is 17.7 Å². The van der Waals surface area contributed by atoms with Crippen molar-refractivity contribution in [2.45, 2.75) is 12.8 Å². The lowest BCUT2D eigenvalue weighted by Gasteiger charge is -2.07. The number of phenolic OH excluding ortho intramolecular Hbond substituents is 1. The Morgan fingerprint density at radius 3 is 2.57 bits per heavy atom. The second-order valence-electron chi connectivity index (χ2n) is 5.00. The Hall–Kier alpha value is -2.82. The average Bonchev–Trinajstić information content (AvgIpc) is 2.59. The third kappa shape index (κ3) is 4.10. The molecule has 1 N–H and O–H groups in total. The first-order valence-electron chi connectivity index (χ1n) is 7.12. The maximum absolute atomic E-state index is 12.3. The number of esters is 1. The summed E-state index contributed by atoms with van der Waals surface area (Å²) in [5.74, 6) is -0.161. The van der Waals surface area contributed by atoms with Crippen LogP contribution in [0.1, 0.15) is 32.7 Å². The van der Waals surface area contributed by atoms with Crippen LogP contribution >= 0.6 is 0 Å². The highest BCUT2D eigenvalue weighted by Gasteiger charge is 2.13. The number of benzene rings is 2. The summed E-state index contributed by atoms with van der Waals surface area (Å²) in [7, 11) is 2.82. The van der Waals surface area contributed by atoms with E-state index < -0.39 is 5.97 Å². The summed E-state index contributed by atoms with van der Waals surface area (Å²) >= 11 is 0. The summed E-state index contributed by atoms with van der Waals surface area (Å²) in [6.45, 7) is 0. The third-order valence-corrected chi connectivity index (χ3v) is 3.49. The zero-order valence-corrected chi connectivity index (χ0v) is 13.0. The Labute approximate surface area is 134 Å². The average molecular weight is 314 g/mol. The summed E-state index contributed by atoms with van der Waals surface area (Å²) in [4.78, 5) is 23.8. The van der Waals surface area contributed by atoms with E-state index in [-0.39, 0.29) is 23.5 Å². The van der Waals surface area contributed by atoms with E-state index in [1.54, 1.807) is 24.3 Å². The molecule has 0 bridgehead atoms. The van der Waals surface area contributed by atoms with E-state index in [9.17, 15) is 14.7 Å². The molecule has 5 nitrogen and oxygen atoms in total. The molecule has 0 aliphatic heterocycles. The van der Waals surface area contributed by atoms with Gasteiger partial charge in [0.25, 0.3) is 0 Å². The highest BCUT2D eigenvalue weighted by atomic mass is 16.5. The predicted molar refractivity (Wildman–Crippen MR) is 85.1 cm³/mol. The van der Waals surface area contributed by atoms with Gasteiger partial charge in [0.15, 0.2) is 5.78 Å². The van der Waals surface area contributed by atoms with Crippen LogP contribution in [-0.2, 0) is 11.2 Å². The van der Waals surface area contributed by atoms with Crippen LogP contribution in [0.5, 0.6) is 11.5 Å². The second kappa shape index (κ2) is 7.45. The summed E-state index contributed by atoms with van der Waals surface area (Å²) in [5, 5.41) is 9.81. The molecule has 0 unspecified atom stereocenters. The Morgan fingerprint density at radius 2 is 1.87 bits per heavy atom. The van der Waals surface area contributed by atoms with Gasteiger partial charge >= 0.3 is 5.97 Å². The maximum atomic E-state index is 12.3. The molecule has 0 heterocycles. The highest BCUT2D eigenvalue weighted by molar-refractivity contribution is 5.99. The number of ether oxygens (including phenoxy) is 2. The first kappa shape index (κ1) is 16.5. The number of phenols is 1. The van der Waals surface area contributed by atoms with E-state index in [4.69, 9.17) is 4.74 Å². The van der Waals surface area contributed by atoms with Crippen LogP contribution in [0.4, 0.5) is 0 Å². The molecule has 0 aliphatic carbocycles. The van der Waals surface area contributed by atoms with Crippen molar-refractivity contribution in [3.05, 3.63) is 59.2 Å². The number of hydrogen-bond donors (Lipinski definition) is 1. The molecule has 2 rings (SSSR count). The molecule has 0 aliphatic rings. The molecule has 0 saturated carbocycles. The molecule has 23 heavy (non-hydrogen) atoms. The molecule has 0 radical (unpaired) electrons. The number of rotatable bonds is 6. The van der Waals surface area contributed by atoms with Crippen LogP contribution in [0.3, 0.4) is 0 Å². The number of hydrogen-bond acceptors (Lipinski definition) is 5. The van der Waals surface area contributed by atoms with Crippen LogP contribution in [0, 0.1) is 0 Å². The lowest BCUT2D eigenvalue weighted by molar-refractivity contribution is 0.0600. The maximum Gasteiger partial charge on any atom is 0.337 e. The van der Waals surface area contributed by atoms with Crippen molar-refractivity contribution in [1.29, 1.82) is 0 Å². The summed E-state index contributed by atoms with van der Waals surface area (Å²) in [6, 6.07) is 11.5. The Balaban J connectivity index is 2.09. The normalized spacial score (nSPS) is 10.2. The number of aromatic hydroxyl groups is 1. The smallest absolute Gasteiger partial charge is 0.337 e. The summed E-state index contributed by atoms with van der Waals surface area (Å²) < 4.78 is 9.74. The van der Waals surface area contributed by atoms with Crippen LogP contribution in [0.2, 0.25) is 0 Å². The van der Waals surface area contributed by atoms with Crippen molar-refractivity contribution < 1.29 is 24.2 Å². The van der Waals surface area contributed by atoms with Crippen molar-refractivity contribution in [3.8, 4) is 11.5 Å². The second-order valence-corrected chi connectivity index (χ2v) is 5.00. The number of methoxy groups -OCH3 is 2. The number of carbonyl (C=O) groups excluding carboxylic acids is 2. The SMILES string of the molecule is COC(=O)c1cccc(CCC(=O)c2cc(OC)ccc2O)c1. The Bertz CT molecular complexity index is 721. The lowest BCUT2D eigenvalue weighted by atomic mass is 10.0. The van der Waals surface area contributed by atoms with E-state index in [2.05, 4.69) is 4.74 Å². The fourth-order valence-electron chi connectivity index (χ4n) is 2.23. The number of carbonyl (C=O) groups is 2. The van der Waals surface area contributed by atoms with Gasteiger partial charge in [0.1, 0.15) is 11.5 Å². The molecular weight excluding hydrogens is 296 g/mol. The van der Waals surface area contributed by atoms with Gasteiger partial charge < -0.3 is 14.6 Å². The molecular formula is C18H18O5. The molecule has 2 aromatic rings. The molecule has 120 valence electrons. The van der Waals surface area contributed by atoms with E-state index >= 15 is 0 Å². The summed E-state index contributed by atoms with van der Waals surface area (Å²) in [6.07, 6.45) is 0.672. The van der Waals surface area contributed by atoms with Gasteiger partial charge in [-0.3, -0.25) is 4.79 Å². The monoisotopic (exact) mass is 314 g/mol. The minimum Gasteiger partial charge on any atom is -0.507 e. The van der Waals surface area contributed by atoms with Gasteiger partial charge in [-0.25, -0.2) is 4.79 Å². The highest BCUT2D eigenvalue weighted by Crippen LogP contribution is 2.24. The number of ketones is 1. The molecule has 0 saturated heterocycles. The van der Waals surface area contributed by atoms with Crippen molar-refractivity contribution in [3.63, 3.8) is 0 Å². The topological polar surface area (TPSA) is 72.8 Å². The Morgan fingerprint density at radius 1 is 1.09 bits per heavy atom. The minimum atomic E-state index is -0.413. The first-order chi connectivity index (χ1) is 11.0. The summed E-state index contributed by atoms with van der Waals surface area (Å²) in [5.41, 5.74) is 1.53. The van der Waals surface area contributed by atoms with Gasteiger partial charge in [-0.15, -0.1) is 0 Å². The number of aryl methyl sites for hydroxylation is 1. The van der Waals surface area contributed by atoms with Gasteiger partial charge in [0.2, 0.25) is 0 Å². The lowest BCUT2D eigenvalue weighted by Crippen LogP contribution is -2.04. The predicted octanol–water partition coefficient (Wildman–Crippen LogP) is 3.00. The van der Waals surface area contributed by atoms with Gasteiger partial charge in [0.05, 0.1) is 25.3 Å². The standard InChI is InChI=1S/C18H18O5/c1-22-14-7-9-17(20)15(11-14)16(19)8-6-12-4-3-5-13(10-12)18(21)23-2/h3-5,7,9-11,20H,6,8H2,1-2H3. The van der Waals surface area contributed by atoms with E-state index in [1.807, 2.05) is 6.07 Å².